The monoisotopic (exact) mass is 267 g/mol. The van der Waals surface area contributed by atoms with Gasteiger partial charge in [0.2, 0.25) is 0 Å². The molecule has 0 aliphatic carbocycles. The molecule has 0 aliphatic heterocycles. The second-order valence-corrected chi connectivity index (χ2v) is 5.51. The Balaban J connectivity index is 1.99. The highest BCUT2D eigenvalue weighted by molar-refractivity contribution is 7.09. The van der Waals surface area contributed by atoms with Crippen molar-refractivity contribution in [3.63, 3.8) is 0 Å². The third kappa shape index (κ3) is 7.33. The molecule has 0 radical (unpaired) electrons. The highest BCUT2D eigenvalue weighted by Crippen LogP contribution is 2.09. The normalized spacial score (nSPS) is 11.7. The lowest BCUT2D eigenvalue weighted by atomic mass is 10.1. The number of nitrogens with zero attached hydrogens (tertiary/aromatic N) is 1. The summed E-state index contributed by atoms with van der Waals surface area (Å²) in [6.07, 6.45) is 7.82. The number of guanidine groups is 1. The zero-order valence-corrected chi connectivity index (χ0v) is 12.1. The largest absolute Gasteiger partial charge is 0.370 e. The fourth-order valence-electron chi connectivity index (χ4n) is 1.74. The fraction of sp³-hybridized carbons (Fsp3) is 0.643. The molecule has 0 aromatic carbocycles. The standard InChI is InChI=1S/C14H25N3S/c1-2-3-4-5-6-7-10-16-14(15)17-12-13-9-8-11-18-13/h8-9,11H,2-7,10,12H2,1H3,(H3,15,16,17). The smallest absolute Gasteiger partial charge is 0.188 e. The summed E-state index contributed by atoms with van der Waals surface area (Å²) in [6.45, 7) is 3.87. The van der Waals surface area contributed by atoms with Gasteiger partial charge in [0.05, 0.1) is 6.54 Å². The average Bonchev–Trinajstić information content (AvgIpc) is 2.88. The Kier molecular flexibility index (Phi) is 8.30. The molecule has 1 aromatic heterocycles. The lowest BCUT2D eigenvalue weighted by molar-refractivity contribution is 0.601. The Labute approximate surface area is 115 Å². The number of nitrogens with one attached hydrogen (secondary N) is 1. The third-order valence-electron chi connectivity index (χ3n) is 2.82. The molecule has 0 fully saturated rings. The zero-order valence-electron chi connectivity index (χ0n) is 11.3. The van der Waals surface area contributed by atoms with Crippen LogP contribution >= 0.6 is 11.3 Å². The fourth-order valence-corrected chi connectivity index (χ4v) is 2.37. The van der Waals surface area contributed by atoms with E-state index >= 15 is 0 Å². The molecule has 4 heteroatoms. The van der Waals surface area contributed by atoms with Gasteiger partial charge < -0.3 is 11.1 Å². The number of rotatable bonds is 9. The molecule has 18 heavy (non-hydrogen) atoms. The van der Waals surface area contributed by atoms with Crippen molar-refractivity contribution in [2.45, 2.75) is 52.0 Å². The van der Waals surface area contributed by atoms with Crippen molar-refractivity contribution in [3.05, 3.63) is 22.4 Å². The van der Waals surface area contributed by atoms with Gasteiger partial charge in [-0.1, -0.05) is 45.1 Å². The van der Waals surface area contributed by atoms with Crippen LogP contribution in [0.15, 0.2) is 22.5 Å². The molecule has 3 N–H and O–H groups in total. The number of unbranched alkanes of at least 4 members (excludes halogenated alkanes) is 5. The SMILES string of the molecule is CCCCCCCCNC(N)=NCc1cccs1. The van der Waals surface area contributed by atoms with Gasteiger partial charge in [0.15, 0.2) is 5.96 Å². The first kappa shape index (κ1) is 15.0. The van der Waals surface area contributed by atoms with Crippen LogP contribution in [0.1, 0.15) is 50.3 Å². The van der Waals surface area contributed by atoms with E-state index in [0.29, 0.717) is 12.5 Å². The molecule has 0 saturated heterocycles. The van der Waals surface area contributed by atoms with Crippen LogP contribution in [-0.2, 0) is 6.54 Å². The minimum Gasteiger partial charge on any atom is -0.370 e. The van der Waals surface area contributed by atoms with Crippen molar-refractivity contribution in [3.8, 4) is 0 Å². The number of hydrogen-bond acceptors (Lipinski definition) is 2. The van der Waals surface area contributed by atoms with Gasteiger partial charge in [0, 0.05) is 11.4 Å². The van der Waals surface area contributed by atoms with E-state index in [1.807, 2.05) is 6.07 Å². The van der Waals surface area contributed by atoms with Gasteiger partial charge >= 0.3 is 0 Å². The minimum absolute atomic E-state index is 0.567. The van der Waals surface area contributed by atoms with Gasteiger partial charge in [-0.05, 0) is 17.9 Å². The van der Waals surface area contributed by atoms with E-state index in [4.69, 9.17) is 5.73 Å². The predicted molar refractivity (Wildman–Crippen MR) is 81.0 cm³/mol. The summed E-state index contributed by atoms with van der Waals surface area (Å²) in [5.74, 6) is 0.567. The molecule has 1 heterocycles. The maximum atomic E-state index is 5.80. The van der Waals surface area contributed by atoms with E-state index in [2.05, 4.69) is 28.7 Å². The maximum absolute atomic E-state index is 5.80. The van der Waals surface area contributed by atoms with Gasteiger partial charge in [0.1, 0.15) is 0 Å². The van der Waals surface area contributed by atoms with Gasteiger partial charge in [0.25, 0.3) is 0 Å². The molecule has 102 valence electrons. The third-order valence-corrected chi connectivity index (χ3v) is 3.68. The van der Waals surface area contributed by atoms with E-state index in [0.717, 1.165) is 6.54 Å². The Morgan fingerprint density at radius 3 is 2.78 bits per heavy atom. The van der Waals surface area contributed by atoms with Crippen molar-refractivity contribution in [1.82, 2.24) is 5.32 Å². The molecule has 0 unspecified atom stereocenters. The molecule has 0 spiro atoms. The molecule has 1 rings (SSSR count). The minimum atomic E-state index is 0.567. The van der Waals surface area contributed by atoms with Crippen LogP contribution in [0.4, 0.5) is 0 Å². The Hall–Kier alpha value is -1.03. The van der Waals surface area contributed by atoms with Crippen molar-refractivity contribution < 1.29 is 0 Å². The average molecular weight is 267 g/mol. The van der Waals surface area contributed by atoms with Crippen LogP contribution in [0.25, 0.3) is 0 Å². The maximum Gasteiger partial charge on any atom is 0.188 e. The summed E-state index contributed by atoms with van der Waals surface area (Å²) in [6, 6.07) is 4.12. The molecule has 0 saturated carbocycles. The summed E-state index contributed by atoms with van der Waals surface area (Å²) in [5, 5.41) is 5.23. The molecule has 0 bridgehead atoms. The van der Waals surface area contributed by atoms with Gasteiger partial charge in [-0.15, -0.1) is 11.3 Å². The predicted octanol–water partition coefficient (Wildman–Crippen LogP) is 3.51. The molecule has 1 aromatic rings. The molecular formula is C14H25N3S. The summed E-state index contributed by atoms with van der Waals surface area (Å²) < 4.78 is 0. The topological polar surface area (TPSA) is 50.4 Å². The summed E-state index contributed by atoms with van der Waals surface area (Å²) >= 11 is 1.71. The van der Waals surface area contributed by atoms with E-state index in [9.17, 15) is 0 Å². The van der Waals surface area contributed by atoms with Crippen molar-refractivity contribution in [2.24, 2.45) is 10.7 Å². The van der Waals surface area contributed by atoms with Crippen LogP contribution in [-0.4, -0.2) is 12.5 Å². The van der Waals surface area contributed by atoms with E-state index in [1.54, 1.807) is 11.3 Å². The van der Waals surface area contributed by atoms with Crippen LogP contribution in [0, 0.1) is 0 Å². The lowest BCUT2D eigenvalue weighted by Crippen LogP contribution is -2.32. The van der Waals surface area contributed by atoms with Crippen LogP contribution in [0.3, 0.4) is 0 Å². The highest BCUT2D eigenvalue weighted by atomic mass is 32.1. The van der Waals surface area contributed by atoms with Crippen LogP contribution in [0.5, 0.6) is 0 Å². The van der Waals surface area contributed by atoms with E-state index in [-0.39, 0.29) is 0 Å². The van der Waals surface area contributed by atoms with Gasteiger partial charge in [-0.2, -0.15) is 0 Å². The van der Waals surface area contributed by atoms with Crippen molar-refractivity contribution >= 4 is 17.3 Å². The Bertz CT molecular complexity index is 320. The van der Waals surface area contributed by atoms with Crippen LogP contribution in [0.2, 0.25) is 0 Å². The first-order valence-corrected chi connectivity index (χ1v) is 7.77. The van der Waals surface area contributed by atoms with Gasteiger partial charge in [-0.25, -0.2) is 4.99 Å². The highest BCUT2D eigenvalue weighted by Gasteiger charge is 1.94. The molecule has 0 amide bonds. The summed E-state index contributed by atoms with van der Waals surface area (Å²) in [7, 11) is 0. The quantitative estimate of drug-likeness (QED) is 0.408. The second kappa shape index (κ2) is 9.95. The Morgan fingerprint density at radius 1 is 1.28 bits per heavy atom. The number of nitrogens with two attached hydrogens (primary N) is 1. The summed E-state index contributed by atoms with van der Waals surface area (Å²) in [5.41, 5.74) is 5.80. The zero-order chi connectivity index (χ0) is 13.1. The van der Waals surface area contributed by atoms with Crippen molar-refractivity contribution in [1.29, 1.82) is 0 Å². The van der Waals surface area contributed by atoms with E-state index < -0.39 is 0 Å². The first-order chi connectivity index (χ1) is 8.83. The molecule has 3 nitrogen and oxygen atoms in total. The first-order valence-electron chi connectivity index (χ1n) is 6.89. The second-order valence-electron chi connectivity index (χ2n) is 4.48. The van der Waals surface area contributed by atoms with Crippen LogP contribution < -0.4 is 11.1 Å². The lowest BCUT2D eigenvalue weighted by Gasteiger charge is -2.05. The summed E-state index contributed by atoms with van der Waals surface area (Å²) in [4.78, 5) is 5.56. The molecule has 0 atom stereocenters. The molecular weight excluding hydrogens is 242 g/mol. The number of hydrogen-bond donors (Lipinski definition) is 2. The Morgan fingerprint density at radius 2 is 2.06 bits per heavy atom. The van der Waals surface area contributed by atoms with Crippen molar-refractivity contribution in [2.75, 3.05) is 6.54 Å². The van der Waals surface area contributed by atoms with E-state index in [1.165, 1.54) is 43.4 Å². The number of thiophene rings is 1. The molecule has 0 aliphatic rings. The van der Waals surface area contributed by atoms with Gasteiger partial charge in [-0.3, -0.25) is 0 Å². The number of aliphatic imine (C=N–C) groups is 1.